The smallest absolute Gasteiger partial charge is 0.336 e. The van der Waals surface area contributed by atoms with Crippen molar-refractivity contribution in [1.29, 1.82) is 0 Å². The first kappa shape index (κ1) is 18.3. The Bertz CT molecular complexity index is 483. The molecule has 0 unspecified atom stereocenters. The summed E-state index contributed by atoms with van der Waals surface area (Å²) in [5.74, 6) is 0.607. The second kappa shape index (κ2) is 7.01. The zero-order chi connectivity index (χ0) is 16.3. The number of aryl methyl sites for hydroxylation is 1. The first-order valence-corrected chi connectivity index (χ1v) is 7.12. The van der Waals surface area contributed by atoms with Gasteiger partial charge in [-0.3, -0.25) is 0 Å². The van der Waals surface area contributed by atoms with E-state index in [1.54, 1.807) is 27.0 Å². The van der Waals surface area contributed by atoms with Crippen molar-refractivity contribution in [3.8, 4) is 5.75 Å². The van der Waals surface area contributed by atoms with Gasteiger partial charge in [0.05, 0.1) is 11.2 Å². The van der Waals surface area contributed by atoms with E-state index in [9.17, 15) is 5.11 Å². The molecule has 0 fully saturated rings. The summed E-state index contributed by atoms with van der Waals surface area (Å²) < 4.78 is 16.3. The first-order chi connectivity index (χ1) is 9.60. The molecule has 0 bridgehead atoms. The van der Waals surface area contributed by atoms with Crippen LogP contribution in [-0.4, -0.2) is 37.7 Å². The van der Waals surface area contributed by atoms with Gasteiger partial charge in [0.25, 0.3) is 0 Å². The highest BCUT2D eigenvalue weighted by Crippen LogP contribution is 2.26. The zero-order valence-corrected chi connectivity index (χ0v) is 14.2. The molecule has 0 atom stereocenters. The third-order valence-corrected chi connectivity index (χ3v) is 3.94. The summed E-state index contributed by atoms with van der Waals surface area (Å²) in [4.78, 5) is 0. The average Bonchev–Trinajstić information content (AvgIpc) is 2.37. The van der Waals surface area contributed by atoms with Crippen molar-refractivity contribution < 1.29 is 19.2 Å². The van der Waals surface area contributed by atoms with E-state index < -0.39 is 11.2 Å². The number of aliphatic hydroxyl groups is 1. The third-order valence-electron chi connectivity index (χ3n) is 3.61. The van der Waals surface area contributed by atoms with Crippen molar-refractivity contribution in [2.75, 3.05) is 13.9 Å². The summed E-state index contributed by atoms with van der Waals surface area (Å²) in [6.45, 7) is 9.05. The lowest BCUT2D eigenvalue weighted by molar-refractivity contribution is -0.0893. The predicted octanol–water partition coefficient (Wildman–Crippen LogP) is 2.44. The predicted molar refractivity (Wildman–Crippen MR) is 85.5 cm³/mol. The van der Waals surface area contributed by atoms with Gasteiger partial charge < -0.3 is 19.2 Å². The lowest BCUT2D eigenvalue weighted by Gasteiger charge is -2.37. The maximum Gasteiger partial charge on any atom is 0.336 e. The molecule has 1 aromatic rings. The van der Waals surface area contributed by atoms with Crippen LogP contribution in [0.15, 0.2) is 12.1 Å². The molecular formula is C15H23BClO4. The summed E-state index contributed by atoms with van der Waals surface area (Å²) in [5.41, 5.74) is -0.232. The van der Waals surface area contributed by atoms with E-state index in [-0.39, 0.29) is 6.79 Å². The number of hydrogen-bond donors (Lipinski definition) is 1. The molecule has 0 spiro atoms. The largest absolute Gasteiger partial charge is 0.468 e. The Morgan fingerprint density at radius 3 is 2.38 bits per heavy atom. The van der Waals surface area contributed by atoms with E-state index in [1.165, 1.54) is 7.48 Å². The van der Waals surface area contributed by atoms with Gasteiger partial charge in [0.1, 0.15) is 5.75 Å². The second-order valence-corrected chi connectivity index (χ2v) is 6.37. The summed E-state index contributed by atoms with van der Waals surface area (Å²) in [5, 5.41) is 10.6. The molecule has 0 saturated carbocycles. The van der Waals surface area contributed by atoms with Crippen LogP contribution >= 0.6 is 11.6 Å². The van der Waals surface area contributed by atoms with Gasteiger partial charge in [-0.1, -0.05) is 17.7 Å². The molecule has 4 nitrogen and oxygen atoms in total. The minimum atomic E-state index is -1.01. The highest BCUT2D eigenvalue weighted by molar-refractivity contribution is 6.55. The molecule has 1 N–H and O–H groups in total. The molecule has 0 heterocycles. The Morgan fingerprint density at radius 2 is 1.86 bits per heavy atom. The summed E-state index contributed by atoms with van der Waals surface area (Å²) in [6.07, 6.45) is 0. The van der Waals surface area contributed by atoms with Crippen molar-refractivity contribution in [2.45, 2.75) is 45.8 Å². The molecule has 0 aliphatic heterocycles. The standard InChI is InChI=1S/C15H23BClO4/c1-10-7-8-11(17)12(13(10)20-9-19-6)16-21-15(4,5)14(2,3)18/h7-8,18H,9H2,1-6H3. The van der Waals surface area contributed by atoms with Gasteiger partial charge in [-0.15, -0.1) is 0 Å². The number of ether oxygens (including phenoxy) is 2. The van der Waals surface area contributed by atoms with E-state index in [1.807, 2.05) is 26.8 Å². The van der Waals surface area contributed by atoms with Crippen LogP contribution in [-0.2, 0) is 9.39 Å². The van der Waals surface area contributed by atoms with Gasteiger partial charge in [-0.05, 0) is 46.2 Å². The van der Waals surface area contributed by atoms with Gasteiger partial charge >= 0.3 is 7.48 Å². The molecule has 6 heteroatoms. The molecule has 1 rings (SSSR count). The molecule has 1 radical (unpaired) electrons. The number of rotatable bonds is 7. The number of benzene rings is 1. The molecule has 0 aromatic heterocycles. The van der Waals surface area contributed by atoms with E-state index >= 15 is 0 Å². The van der Waals surface area contributed by atoms with Crippen molar-refractivity contribution in [1.82, 2.24) is 0 Å². The number of halogens is 1. The van der Waals surface area contributed by atoms with Crippen LogP contribution in [0.1, 0.15) is 33.3 Å². The van der Waals surface area contributed by atoms with E-state index in [0.717, 1.165) is 5.56 Å². The molecule has 0 aliphatic rings. The van der Waals surface area contributed by atoms with Crippen molar-refractivity contribution in [3.05, 3.63) is 22.7 Å². The highest BCUT2D eigenvalue weighted by Gasteiger charge is 2.36. The van der Waals surface area contributed by atoms with Gasteiger partial charge in [-0.2, -0.15) is 0 Å². The quantitative estimate of drug-likeness (QED) is 0.620. The van der Waals surface area contributed by atoms with Crippen LogP contribution in [0, 0.1) is 6.92 Å². The van der Waals surface area contributed by atoms with Crippen molar-refractivity contribution in [3.63, 3.8) is 0 Å². The second-order valence-electron chi connectivity index (χ2n) is 5.96. The SMILES string of the molecule is COCOc1c(C)ccc(Cl)c1[B]OC(C)(C)C(C)(C)O. The van der Waals surface area contributed by atoms with Gasteiger partial charge in [0.2, 0.25) is 0 Å². The Kier molecular flexibility index (Phi) is 6.11. The van der Waals surface area contributed by atoms with Crippen LogP contribution in [0.3, 0.4) is 0 Å². The highest BCUT2D eigenvalue weighted by atomic mass is 35.5. The van der Waals surface area contributed by atoms with Crippen molar-refractivity contribution >= 4 is 24.5 Å². The normalized spacial score (nSPS) is 12.4. The third kappa shape index (κ3) is 4.61. The molecule has 0 amide bonds. The van der Waals surface area contributed by atoms with Gasteiger partial charge in [-0.25, -0.2) is 0 Å². The fraction of sp³-hybridized carbons (Fsp3) is 0.600. The lowest BCUT2D eigenvalue weighted by atomic mass is 9.81. The zero-order valence-electron chi connectivity index (χ0n) is 13.5. The van der Waals surface area contributed by atoms with Crippen LogP contribution in [0.4, 0.5) is 0 Å². The molecule has 0 saturated heterocycles. The number of hydrogen-bond acceptors (Lipinski definition) is 4. The summed E-state index contributed by atoms with van der Waals surface area (Å²) in [6, 6.07) is 3.65. The van der Waals surface area contributed by atoms with E-state index in [2.05, 4.69) is 0 Å². The molecule has 0 aliphatic carbocycles. The Balaban J connectivity index is 2.99. The van der Waals surface area contributed by atoms with E-state index in [4.69, 9.17) is 25.7 Å². The summed E-state index contributed by atoms with van der Waals surface area (Å²) in [7, 11) is 3.08. The van der Waals surface area contributed by atoms with Crippen LogP contribution in [0.5, 0.6) is 5.75 Å². The number of methoxy groups -OCH3 is 1. The molecule has 21 heavy (non-hydrogen) atoms. The fourth-order valence-corrected chi connectivity index (χ4v) is 1.65. The Labute approximate surface area is 132 Å². The van der Waals surface area contributed by atoms with E-state index in [0.29, 0.717) is 16.2 Å². The molecule has 1 aromatic carbocycles. The van der Waals surface area contributed by atoms with Crippen LogP contribution in [0.25, 0.3) is 0 Å². The molecule has 117 valence electrons. The van der Waals surface area contributed by atoms with Crippen LogP contribution in [0.2, 0.25) is 5.02 Å². The van der Waals surface area contributed by atoms with Gasteiger partial charge in [0, 0.05) is 17.6 Å². The Morgan fingerprint density at radius 1 is 1.24 bits per heavy atom. The maximum atomic E-state index is 10.1. The monoisotopic (exact) mass is 313 g/mol. The average molecular weight is 314 g/mol. The minimum Gasteiger partial charge on any atom is -0.468 e. The molecular weight excluding hydrogens is 290 g/mol. The van der Waals surface area contributed by atoms with Crippen molar-refractivity contribution in [2.24, 2.45) is 0 Å². The minimum absolute atomic E-state index is 0.122. The van der Waals surface area contributed by atoms with Gasteiger partial charge in [0.15, 0.2) is 6.79 Å². The Hall–Kier alpha value is -0.745. The first-order valence-electron chi connectivity index (χ1n) is 6.74. The topological polar surface area (TPSA) is 47.9 Å². The lowest BCUT2D eigenvalue weighted by Crippen LogP contribution is -2.49. The fourth-order valence-electron chi connectivity index (χ4n) is 1.45. The maximum absolute atomic E-state index is 10.1. The summed E-state index contributed by atoms with van der Waals surface area (Å²) >= 11 is 6.23. The van der Waals surface area contributed by atoms with Crippen LogP contribution < -0.4 is 10.2 Å².